The Balaban J connectivity index is 2.46. The summed E-state index contributed by atoms with van der Waals surface area (Å²) in [5.74, 6) is -0.310. The lowest BCUT2D eigenvalue weighted by Crippen LogP contribution is -2.00. The van der Waals surface area contributed by atoms with Crippen molar-refractivity contribution < 1.29 is 14.6 Å². The molecular weight excluding hydrogens is 196 g/mol. The van der Waals surface area contributed by atoms with Crippen molar-refractivity contribution in [1.82, 2.24) is 9.78 Å². The molecule has 0 saturated heterocycles. The van der Waals surface area contributed by atoms with E-state index in [4.69, 9.17) is 9.84 Å². The van der Waals surface area contributed by atoms with Crippen LogP contribution in [0, 0.1) is 0 Å². The first-order chi connectivity index (χ1) is 7.11. The van der Waals surface area contributed by atoms with Crippen LogP contribution in [-0.2, 0) is 11.3 Å². The molecule has 1 rings (SSSR count). The molecule has 0 atom stereocenters. The molecule has 0 aliphatic heterocycles. The van der Waals surface area contributed by atoms with Crippen molar-refractivity contribution in [3.63, 3.8) is 0 Å². The molecule has 82 valence electrons. The molecular formula is C10H14N2O3. The predicted octanol–water partition coefficient (Wildman–Crippen LogP) is 1.31. The molecule has 0 radical (unpaired) electrons. The normalized spacial score (nSPS) is 11.5. The van der Waals surface area contributed by atoms with E-state index < -0.39 is 5.97 Å². The minimum absolute atomic E-state index is 0.266. The molecule has 1 aromatic heterocycles. The van der Waals surface area contributed by atoms with Crippen LogP contribution in [0.2, 0.25) is 0 Å². The third kappa shape index (κ3) is 3.84. The molecule has 15 heavy (non-hydrogen) atoms. The smallest absolute Gasteiger partial charge is 0.328 e. The Morgan fingerprint density at radius 3 is 3.00 bits per heavy atom. The van der Waals surface area contributed by atoms with Crippen molar-refractivity contribution in [2.45, 2.75) is 20.4 Å². The van der Waals surface area contributed by atoms with Gasteiger partial charge in [0.25, 0.3) is 0 Å². The number of carbonyl (C=O) groups is 1. The molecule has 0 saturated carbocycles. The third-order valence-corrected chi connectivity index (χ3v) is 1.77. The van der Waals surface area contributed by atoms with Crippen molar-refractivity contribution in [3.05, 3.63) is 24.0 Å². The summed E-state index contributed by atoms with van der Waals surface area (Å²) in [6, 6.07) is 0. The van der Waals surface area contributed by atoms with Crippen LogP contribution < -0.4 is 4.74 Å². The van der Waals surface area contributed by atoms with Crippen LogP contribution in [0.3, 0.4) is 0 Å². The molecule has 1 heterocycles. The highest BCUT2D eigenvalue weighted by atomic mass is 16.5. The molecule has 5 heteroatoms. The number of aliphatic carboxylic acids is 1. The highest BCUT2D eigenvalue weighted by molar-refractivity contribution is 5.80. The molecule has 0 spiro atoms. The van der Waals surface area contributed by atoms with Crippen LogP contribution >= 0.6 is 0 Å². The number of carboxylic acid groups (broad SMARTS) is 1. The Kier molecular flexibility index (Phi) is 3.91. The number of hydrogen-bond donors (Lipinski definition) is 1. The largest absolute Gasteiger partial charge is 0.486 e. The minimum Gasteiger partial charge on any atom is -0.486 e. The lowest BCUT2D eigenvalue weighted by Gasteiger charge is -2.02. The quantitative estimate of drug-likeness (QED) is 0.744. The van der Waals surface area contributed by atoms with E-state index in [9.17, 15) is 4.79 Å². The van der Waals surface area contributed by atoms with E-state index in [1.807, 2.05) is 6.92 Å². The van der Waals surface area contributed by atoms with E-state index in [-0.39, 0.29) is 6.61 Å². The van der Waals surface area contributed by atoms with Gasteiger partial charge in [-0.1, -0.05) is 0 Å². The van der Waals surface area contributed by atoms with Crippen LogP contribution in [0.4, 0.5) is 0 Å². The van der Waals surface area contributed by atoms with Crippen molar-refractivity contribution in [2.75, 3.05) is 6.61 Å². The zero-order valence-corrected chi connectivity index (χ0v) is 8.80. The van der Waals surface area contributed by atoms with Gasteiger partial charge in [0.1, 0.15) is 6.61 Å². The van der Waals surface area contributed by atoms with Crippen molar-refractivity contribution in [1.29, 1.82) is 0 Å². The van der Waals surface area contributed by atoms with Gasteiger partial charge in [0.2, 0.25) is 0 Å². The number of aromatic nitrogens is 2. The predicted molar refractivity (Wildman–Crippen MR) is 54.8 cm³/mol. The molecule has 1 N–H and O–H groups in total. The summed E-state index contributed by atoms with van der Waals surface area (Å²) in [5, 5.41) is 12.5. The molecule has 1 aromatic rings. The van der Waals surface area contributed by atoms with Gasteiger partial charge in [-0.2, -0.15) is 5.10 Å². The highest BCUT2D eigenvalue weighted by Gasteiger charge is 1.99. The number of rotatable bonds is 5. The summed E-state index contributed by atoms with van der Waals surface area (Å²) in [5.41, 5.74) is 0.659. The minimum atomic E-state index is -0.958. The molecule has 0 unspecified atom stereocenters. The fourth-order valence-corrected chi connectivity index (χ4v) is 1.04. The van der Waals surface area contributed by atoms with Gasteiger partial charge >= 0.3 is 5.97 Å². The van der Waals surface area contributed by atoms with Crippen LogP contribution in [0.15, 0.2) is 24.0 Å². The van der Waals surface area contributed by atoms with Gasteiger partial charge < -0.3 is 9.84 Å². The van der Waals surface area contributed by atoms with Gasteiger partial charge in [0.15, 0.2) is 5.75 Å². The van der Waals surface area contributed by atoms with Crippen molar-refractivity contribution >= 4 is 5.97 Å². The van der Waals surface area contributed by atoms with E-state index in [0.717, 1.165) is 12.6 Å². The average Bonchev–Trinajstić information content (AvgIpc) is 2.61. The monoisotopic (exact) mass is 210 g/mol. The first kappa shape index (κ1) is 11.3. The molecule has 0 fully saturated rings. The first-order valence-electron chi connectivity index (χ1n) is 4.67. The Morgan fingerprint density at radius 2 is 2.47 bits per heavy atom. The summed E-state index contributed by atoms with van der Waals surface area (Å²) in [6.45, 7) is 4.74. The second kappa shape index (κ2) is 5.19. The molecule has 0 amide bonds. The van der Waals surface area contributed by atoms with Gasteiger partial charge in [-0.15, -0.1) is 0 Å². The van der Waals surface area contributed by atoms with E-state index in [1.165, 1.54) is 0 Å². The molecule has 0 aromatic carbocycles. The van der Waals surface area contributed by atoms with Crippen LogP contribution in [-0.4, -0.2) is 27.5 Å². The molecule has 5 nitrogen and oxygen atoms in total. The third-order valence-electron chi connectivity index (χ3n) is 1.77. The summed E-state index contributed by atoms with van der Waals surface area (Å²) in [7, 11) is 0. The maximum atomic E-state index is 10.3. The number of aryl methyl sites for hydroxylation is 1. The average molecular weight is 210 g/mol. The van der Waals surface area contributed by atoms with Gasteiger partial charge in [-0.25, -0.2) is 4.79 Å². The zero-order chi connectivity index (χ0) is 11.3. The number of carboxylic acids is 1. The molecule has 0 bridgehead atoms. The van der Waals surface area contributed by atoms with E-state index >= 15 is 0 Å². The van der Waals surface area contributed by atoms with E-state index in [0.29, 0.717) is 11.3 Å². The standard InChI is InChI=1S/C10H14N2O3/c1-3-12-6-9(5-11-12)15-7-8(2)4-10(13)14/h4-6H,3,7H2,1-2H3,(H,13,14)/b8-4+. The van der Waals surface area contributed by atoms with E-state index in [2.05, 4.69) is 5.10 Å². The van der Waals surface area contributed by atoms with Gasteiger partial charge in [-0.05, 0) is 19.4 Å². The highest BCUT2D eigenvalue weighted by Crippen LogP contribution is 2.09. The van der Waals surface area contributed by atoms with Crippen molar-refractivity contribution in [2.24, 2.45) is 0 Å². The Bertz CT molecular complexity index is 368. The fourth-order valence-electron chi connectivity index (χ4n) is 1.04. The topological polar surface area (TPSA) is 64.3 Å². The lowest BCUT2D eigenvalue weighted by molar-refractivity contribution is -0.131. The fraction of sp³-hybridized carbons (Fsp3) is 0.400. The number of nitrogens with zero attached hydrogens (tertiary/aromatic N) is 2. The Labute approximate surface area is 88.0 Å². The van der Waals surface area contributed by atoms with Gasteiger partial charge in [-0.3, -0.25) is 4.68 Å². The summed E-state index contributed by atoms with van der Waals surface area (Å²) in [6.07, 6.45) is 4.51. The van der Waals surface area contributed by atoms with Gasteiger partial charge in [0.05, 0.1) is 12.4 Å². The summed E-state index contributed by atoms with van der Waals surface area (Å²) in [4.78, 5) is 10.3. The molecule has 0 aliphatic carbocycles. The van der Waals surface area contributed by atoms with Crippen LogP contribution in [0.25, 0.3) is 0 Å². The van der Waals surface area contributed by atoms with Crippen molar-refractivity contribution in [3.8, 4) is 5.75 Å². The zero-order valence-electron chi connectivity index (χ0n) is 8.80. The maximum absolute atomic E-state index is 10.3. The first-order valence-corrected chi connectivity index (χ1v) is 4.67. The summed E-state index contributed by atoms with van der Waals surface area (Å²) >= 11 is 0. The second-order valence-corrected chi connectivity index (χ2v) is 3.15. The Hall–Kier alpha value is -1.78. The van der Waals surface area contributed by atoms with E-state index in [1.54, 1.807) is 24.0 Å². The lowest BCUT2D eigenvalue weighted by atomic mass is 10.3. The number of hydrogen-bond acceptors (Lipinski definition) is 3. The van der Waals surface area contributed by atoms with Crippen LogP contribution in [0.1, 0.15) is 13.8 Å². The molecule has 0 aliphatic rings. The van der Waals surface area contributed by atoms with Crippen LogP contribution in [0.5, 0.6) is 5.75 Å². The second-order valence-electron chi connectivity index (χ2n) is 3.15. The number of ether oxygens (including phenoxy) is 1. The Morgan fingerprint density at radius 1 is 1.73 bits per heavy atom. The maximum Gasteiger partial charge on any atom is 0.328 e. The van der Waals surface area contributed by atoms with Gasteiger partial charge in [0, 0.05) is 12.6 Å². The summed E-state index contributed by atoms with van der Waals surface area (Å²) < 4.78 is 7.08. The SMILES string of the molecule is CCn1cc(OC/C(C)=C/C(=O)O)cn1.